The lowest BCUT2D eigenvalue weighted by Crippen LogP contribution is -2.30. The van der Waals surface area contributed by atoms with Gasteiger partial charge >= 0.3 is 6.03 Å². The van der Waals surface area contributed by atoms with Crippen molar-refractivity contribution in [3.8, 4) is 16.2 Å². The first-order valence-corrected chi connectivity index (χ1v) is 8.57. The van der Waals surface area contributed by atoms with Crippen LogP contribution in [-0.4, -0.2) is 29.3 Å². The molecule has 0 unspecified atom stereocenters. The Morgan fingerprint density at radius 3 is 2.52 bits per heavy atom. The molecule has 0 radical (unpaired) electrons. The van der Waals surface area contributed by atoms with Crippen LogP contribution in [0.3, 0.4) is 0 Å². The number of aromatic nitrogens is 2. The molecule has 0 spiro atoms. The van der Waals surface area contributed by atoms with Crippen LogP contribution in [0.25, 0.3) is 10.4 Å². The van der Waals surface area contributed by atoms with Gasteiger partial charge < -0.3 is 15.4 Å². The third kappa shape index (κ3) is 4.77. The summed E-state index contributed by atoms with van der Waals surface area (Å²) in [7, 11) is 1.64. The van der Waals surface area contributed by atoms with Crippen molar-refractivity contribution in [1.29, 1.82) is 0 Å². The Labute approximate surface area is 150 Å². The zero-order valence-electron chi connectivity index (χ0n) is 13.7. The van der Waals surface area contributed by atoms with Gasteiger partial charge in [-0.1, -0.05) is 28.8 Å². The van der Waals surface area contributed by atoms with Crippen molar-refractivity contribution in [1.82, 2.24) is 14.9 Å². The Morgan fingerprint density at radius 2 is 1.88 bits per heavy atom. The van der Waals surface area contributed by atoms with E-state index in [9.17, 15) is 4.79 Å². The molecule has 1 aromatic heterocycles. The highest BCUT2D eigenvalue weighted by Gasteiger charge is 2.04. The Kier molecular flexibility index (Phi) is 5.58. The van der Waals surface area contributed by atoms with E-state index in [0.29, 0.717) is 6.54 Å². The molecule has 0 saturated carbocycles. The fourth-order valence-corrected chi connectivity index (χ4v) is 2.82. The fourth-order valence-electron chi connectivity index (χ4n) is 2.30. The summed E-state index contributed by atoms with van der Waals surface area (Å²) in [5.74, 6) is 0.826. The van der Waals surface area contributed by atoms with Gasteiger partial charge in [-0.15, -0.1) is 5.10 Å². The lowest BCUT2D eigenvalue weighted by molar-refractivity contribution is 0.252. The van der Waals surface area contributed by atoms with Crippen LogP contribution in [-0.2, 0) is 6.42 Å². The fraction of sp³-hybridized carbons (Fsp3) is 0.167. The maximum atomic E-state index is 12.0. The lowest BCUT2D eigenvalue weighted by Gasteiger charge is -2.08. The first-order chi connectivity index (χ1) is 12.2. The summed E-state index contributed by atoms with van der Waals surface area (Å²) >= 11 is 1.34. The van der Waals surface area contributed by atoms with Crippen molar-refractivity contribution in [3.05, 3.63) is 60.3 Å². The zero-order chi connectivity index (χ0) is 17.5. The van der Waals surface area contributed by atoms with E-state index < -0.39 is 0 Å². The minimum atomic E-state index is -0.222. The van der Waals surface area contributed by atoms with Crippen molar-refractivity contribution < 1.29 is 9.53 Å². The summed E-state index contributed by atoms with van der Waals surface area (Å²) < 4.78 is 8.97. The highest BCUT2D eigenvalue weighted by atomic mass is 32.1. The van der Waals surface area contributed by atoms with E-state index in [2.05, 4.69) is 20.2 Å². The molecule has 6 nitrogen and oxygen atoms in total. The first-order valence-electron chi connectivity index (χ1n) is 7.80. The van der Waals surface area contributed by atoms with Gasteiger partial charge in [0.25, 0.3) is 0 Å². The van der Waals surface area contributed by atoms with Gasteiger partial charge in [0.15, 0.2) is 0 Å². The van der Waals surface area contributed by atoms with Gasteiger partial charge in [-0.25, -0.2) is 4.79 Å². The number of carbonyl (C=O) groups is 1. The minimum Gasteiger partial charge on any atom is -0.497 e. The number of nitrogens with one attached hydrogen (secondary N) is 2. The average Bonchev–Trinajstić information content (AvgIpc) is 3.18. The predicted molar refractivity (Wildman–Crippen MR) is 99.1 cm³/mol. The van der Waals surface area contributed by atoms with Crippen LogP contribution in [0.2, 0.25) is 0 Å². The second-order valence-corrected chi connectivity index (χ2v) is 6.12. The number of rotatable bonds is 6. The van der Waals surface area contributed by atoms with Crippen molar-refractivity contribution in [2.45, 2.75) is 6.42 Å². The van der Waals surface area contributed by atoms with Crippen molar-refractivity contribution in [2.24, 2.45) is 0 Å². The number of ether oxygens (including phenoxy) is 1. The largest absolute Gasteiger partial charge is 0.497 e. The molecule has 0 atom stereocenters. The minimum absolute atomic E-state index is 0.222. The average molecular weight is 354 g/mol. The molecule has 0 aliphatic carbocycles. The molecule has 2 N–H and O–H groups in total. The Balaban J connectivity index is 1.45. The molecule has 3 rings (SSSR count). The van der Waals surface area contributed by atoms with Crippen LogP contribution in [0.4, 0.5) is 10.5 Å². The van der Waals surface area contributed by atoms with Crippen LogP contribution < -0.4 is 15.4 Å². The predicted octanol–water partition coefficient (Wildman–Crippen LogP) is 3.58. The van der Waals surface area contributed by atoms with Crippen LogP contribution in [0.1, 0.15) is 5.56 Å². The number of amides is 2. The van der Waals surface area contributed by atoms with E-state index in [-0.39, 0.29) is 6.03 Å². The van der Waals surface area contributed by atoms with Crippen molar-refractivity contribution in [3.63, 3.8) is 0 Å². The molecule has 1 heterocycles. The number of methoxy groups -OCH3 is 1. The second kappa shape index (κ2) is 8.25. The van der Waals surface area contributed by atoms with Crippen LogP contribution >= 0.6 is 11.5 Å². The van der Waals surface area contributed by atoms with Crippen LogP contribution in [0.5, 0.6) is 5.75 Å². The molecule has 7 heteroatoms. The molecular weight excluding hydrogens is 336 g/mol. The maximum absolute atomic E-state index is 12.0. The number of anilines is 1. The van der Waals surface area contributed by atoms with Gasteiger partial charge in [0.05, 0.1) is 18.2 Å². The number of carbonyl (C=O) groups excluding carboxylic acids is 1. The molecule has 0 saturated heterocycles. The van der Waals surface area contributed by atoms with Gasteiger partial charge in [0.2, 0.25) is 0 Å². The summed E-state index contributed by atoms with van der Waals surface area (Å²) in [4.78, 5) is 13.0. The molecule has 0 bridgehead atoms. The quantitative estimate of drug-likeness (QED) is 0.709. The molecule has 0 fully saturated rings. The number of hydrogen-bond donors (Lipinski definition) is 2. The molecule has 128 valence electrons. The lowest BCUT2D eigenvalue weighted by atomic mass is 10.1. The Bertz CT molecular complexity index is 802. The summed E-state index contributed by atoms with van der Waals surface area (Å²) in [6, 6.07) is 15.2. The second-order valence-electron chi connectivity index (χ2n) is 5.34. The van der Waals surface area contributed by atoms with Gasteiger partial charge in [-0.3, -0.25) is 0 Å². The molecule has 2 aromatic carbocycles. The zero-order valence-corrected chi connectivity index (χ0v) is 14.5. The summed E-state index contributed by atoms with van der Waals surface area (Å²) in [5.41, 5.74) is 2.91. The normalized spacial score (nSPS) is 10.3. The maximum Gasteiger partial charge on any atom is 0.319 e. The molecule has 3 aromatic rings. The monoisotopic (exact) mass is 354 g/mol. The molecule has 0 aliphatic rings. The van der Waals surface area contributed by atoms with Crippen LogP contribution in [0, 0.1) is 0 Å². The molecule has 25 heavy (non-hydrogen) atoms. The highest BCUT2D eigenvalue weighted by Crippen LogP contribution is 2.23. The van der Waals surface area contributed by atoms with E-state index >= 15 is 0 Å². The van der Waals surface area contributed by atoms with Gasteiger partial charge in [-0.2, -0.15) is 0 Å². The van der Waals surface area contributed by atoms with Crippen LogP contribution in [0.15, 0.2) is 54.7 Å². The smallest absolute Gasteiger partial charge is 0.319 e. The molecule has 0 aliphatic heterocycles. The first kappa shape index (κ1) is 16.9. The molecule has 2 amide bonds. The number of urea groups is 1. The van der Waals surface area contributed by atoms with Crippen molar-refractivity contribution in [2.75, 3.05) is 19.0 Å². The van der Waals surface area contributed by atoms with Crippen molar-refractivity contribution >= 4 is 23.3 Å². The molecular formula is C18H18N4O2S. The standard InChI is InChI=1S/C18H18N4O2S/c1-24-16-8-2-13(3-9-16)10-11-19-18(23)21-15-6-4-14(5-7-15)17-12-20-22-25-17/h2-9,12H,10-11H2,1H3,(H2,19,21,23). The van der Waals surface area contributed by atoms with E-state index in [1.807, 2.05) is 48.5 Å². The number of nitrogens with zero attached hydrogens (tertiary/aromatic N) is 2. The van der Waals surface area contributed by atoms with E-state index in [4.69, 9.17) is 4.74 Å². The SMILES string of the molecule is COc1ccc(CCNC(=O)Nc2ccc(-c3cnns3)cc2)cc1. The topological polar surface area (TPSA) is 76.1 Å². The third-order valence-electron chi connectivity index (χ3n) is 3.65. The number of benzene rings is 2. The van der Waals surface area contributed by atoms with E-state index in [0.717, 1.165) is 33.9 Å². The highest BCUT2D eigenvalue weighted by molar-refractivity contribution is 7.09. The van der Waals surface area contributed by atoms with Gasteiger partial charge in [0, 0.05) is 12.2 Å². The summed E-state index contributed by atoms with van der Waals surface area (Å²) in [6.07, 6.45) is 2.48. The summed E-state index contributed by atoms with van der Waals surface area (Å²) in [5, 5.41) is 9.49. The Hall–Kier alpha value is -2.93. The van der Waals surface area contributed by atoms with E-state index in [1.165, 1.54) is 11.5 Å². The van der Waals surface area contributed by atoms with Gasteiger partial charge in [0.1, 0.15) is 5.75 Å². The number of hydrogen-bond acceptors (Lipinski definition) is 5. The summed E-state index contributed by atoms with van der Waals surface area (Å²) in [6.45, 7) is 0.558. The Morgan fingerprint density at radius 1 is 1.12 bits per heavy atom. The van der Waals surface area contributed by atoms with Gasteiger partial charge in [-0.05, 0) is 53.3 Å². The van der Waals surface area contributed by atoms with E-state index in [1.54, 1.807) is 13.3 Å². The third-order valence-corrected chi connectivity index (χ3v) is 4.36.